The maximum absolute atomic E-state index is 11.3. The van der Waals surface area contributed by atoms with Crippen molar-refractivity contribution in [1.29, 1.82) is 0 Å². The number of nitrogens with one attached hydrogen (secondary N) is 2. The molecule has 0 aromatic carbocycles. The van der Waals surface area contributed by atoms with Gasteiger partial charge in [0.25, 0.3) is 0 Å². The summed E-state index contributed by atoms with van der Waals surface area (Å²) in [5.74, 6) is 4.09. The Morgan fingerprint density at radius 3 is 2.68 bits per heavy atom. The van der Waals surface area contributed by atoms with Crippen molar-refractivity contribution in [2.24, 2.45) is 0 Å². The van der Waals surface area contributed by atoms with Crippen LogP contribution in [0.4, 0.5) is 11.6 Å². The molecule has 1 aromatic heterocycles. The Balaban J connectivity index is 1.99. The Morgan fingerprint density at radius 1 is 1.32 bits per heavy atom. The van der Waals surface area contributed by atoms with Gasteiger partial charge in [-0.3, -0.25) is 4.21 Å². The monoisotopic (exact) mass is 282 g/mol. The molecule has 0 amide bonds. The van der Waals surface area contributed by atoms with Gasteiger partial charge in [-0.05, 0) is 26.2 Å². The summed E-state index contributed by atoms with van der Waals surface area (Å²) in [4.78, 5) is 8.78. The van der Waals surface area contributed by atoms with E-state index in [4.69, 9.17) is 0 Å². The zero-order valence-corrected chi connectivity index (χ0v) is 12.4. The van der Waals surface area contributed by atoms with Crippen LogP contribution < -0.4 is 10.6 Å². The van der Waals surface area contributed by atoms with Crippen LogP contribution in [0.5, 0.6) is 0 Å². The van der Waals surface area contributed by atoms with Gasteiger partial charge in [-0.1, -0.05) is 6.92 Å². The summed E-state index contributed by atoms with van der Waals surface area (Å²) in [6, 6.07) is 2.33. The highest BCUT2D eigenvalue weighted by atomic mass is 32.2. The lowest BCUT2D eigenvalue weighted by Gasteiger charge is -2.23. The average Bonchev–Trinajstić information content (AvgIpc) is 2.38. The van der Waals surface area contributed by atoms with Crippen LogP contribution in [0, 0.1) is 6.92 Å². The summed E-state index contributed by atoms with van der Waals surface area (Å²) >= 11 is 0. The first-order valence-corrected chi connectivity index (χ1v) is 8.37. The topological polar surface area (TPSA) is 66.9 Å². The molecule has 0 radical (unpaired) electrons. The molecule has 0 saturated carbocycles. The minimum Gasteiger partial charge on any atom is -0.370 e. The molecule has 106 valence electrons. The highest BCUT2D eigenvalue weighted by Gasteiger charge is 2.18. The van der Waals surface area contributed by atoms with Crippen LogP contribution in [0.1, 0.15) is 32.0 Å². The fourth-order valence-corrected chi connectivity index (χ4v) is 3.43. The SMILES string of the molecule is CCCNc1cc(NC2CCS(=O)CC2)nc(C)n1. The largest absolute Gasteiger partial charge is 0.370 e. The third-order valence-electron chi connectivity index (χ3n) is 3.13. The van der Waals surface area contributed by atoms with Gasteiger partial charge in [0.2, 0.25) is 0 Å². The molecular weight excluding hydrogens is 260 g/mol. The Hall–Kier alpha value is -1.17. The van der Waals surface area contributed by atoms with Crippen LogP contribution >= 0.6 is 0 Å². The Labute approximate surface area is 117 Å². The van der Waals surface area contributed by atoms with E-state index >= 15 is 0 Å². The number of rotatable bonds is 5. The van der Waals surface area contributed by atoms with Crippen LogP contribution in [-0.2, 0) is 10.8 Å². The standard InChI is InChI=1S/C13H22N4OS/c1-3-6-14-12-9-13(16-10(2)15-12)17-11-4-7-19(18)8-5-11/h9,11H,3-8H2,1-2H3,(H2,14,15,16,17). The molecule has 1 saturated heterocycles. The van der Waals surface area contributed by atoms with Gasteiger partial charge in [0.1, 0.15) is 17.5 Å². The first-order valence-electron chi connectivity index (χ1n) is 6.88. The Bertz CT molecular complexity index is 442. The van der Waals surface area contributed by atoms with Gasteiger partial charge in [0.05, 0.1) is 0 Å². The van der Waals surface area contributed by atoms with Crippen molar-refractivity contribution in [3.05, 3.63) is 11.9 Å². The Morgan fingerprint density at radius 2 is 2.00 bits per heavy atom. The van der Waals surface area contributed by atoms with E-state index in [1.54, 1.807) is 0 Å². The van der Waals surface area contributed by atoms with Crippen molar-refractivity contribution < 1.29 is 4.21 Å². The molecule has 2 N–H and O–H groups in total. The normalized spacial score (nSPS) is 23.1. The van der Waals surface area contributed by atoms with Gasteiger partial charge < -0.3 is 10.6 Å². The number of aromatic nitrogens is 2. The number of nitrogens with zero attached hydrogens (tertiary/aromatic N) is 2. The second-order valence-electron chi connectivity index (χ2n) is 4.88. The lowest BCUT2D eigenvalue weighted by atomic mass is 10.1. The van der Waals surface area contributed by atoms with E-state index in [9.17, 15) is 4.21 Å². The minimum absolute atomic E-state index is 0.381. The van der Waals surface area contributed by atoms with Crippen molar-refractivity contribution in [2.75, 3.05) is 28.7 Å². The molecule has 5 nitrogen and oxygen atoms in total. The molecule has 0 aliphatic carbocycles. The average molecular weight is 282 g/mol. The van der Waals surface area contributed by atoms with E-state index < -0.39 is 10.8 Å². The molecular formula is C13H22N4OS. The van der Waals surface area contributed by atoms with Gasteiger partial charge in [-0.2, -0.15) is 0 Å². The first kappa shape index (κ1) is 14.2. The van der Waals surface area contributed by atoms with Crippen LogP contribution in [0.3, 0.4) is 0 Å². The second kappa shape index (κ2) is 6.84. The molecule has 1 aromatic rings. The fraction of sp³-hybridized carbons (Fsp3) is 0.692. The molecule has 0 bridgehead atoms. The highest BCUT2D eigenvalue weighted by Crippen LogP contribution is 2.17. The number of anilines is 2. The summed E-state index contributed by atoms with van der Waals surface area (Å²) in [6.45, 7) is 4.94. The van der Waals surface area contributed by atoms with Gasteiger partial charge in [-0.15, -0.1) is 0 Å². The van der Waals surface area contributed by atoms with Crippen molar-refractivity contribution in [2.45, 2.75) is 39.2 Å². The number of aryl methyl sites for hydroxylation is 1. The molecule has 1 aliphatic heterocycles. The molecule has 0 unspecified atom stereocenters. The fourth-order valence-electron chi connectivity index (χ4n) is 2.13. The number of hydrogen-bond donors (Lipinski definition) is 2. The van der Waals surface area contributed by atoms with Gasteiger partial charge in [-0.25, -0.2) is 9.97 Å². The van der Waals surface area contributed by atoms with Crippen molar-refractivity contribution in [3.8, 4) is 0 Å². The third-order valence-corrected chi connectivity index (χ3v) is 4.52. The highest BCUT2D eigenvalue weighted by molar-refractivity contribution is 7.85. The lowest BCUT2D eigenvalue weighted by molar-refractivity contribution is 0.622. The quantitative estimate of drug-likeness (QED) is 0.864. The van der Waals surface area contributed by atoms with Crippen molar-refractivity contribution in [1.82, 2.24) is 9.97 Å². The summed E-state index contributed by atoms with van der Waals surface area (Å²) < 4.78 is 11.3. The van der Waals surface area contributed by atoms with Crippen LogP contribution in [-0.4, -0.2) is 38.3 Å². The van der Waals surface area contributed by atoms with Gasteiger partial charge in [0, 0.05) is 41.0 Å². The zero-order valence-electron chi connectivity index (χ0n) is 11.6. The van der Waals surface area contributed by atoms with E-state index in [1.807, 2.05) is 13.0 Å². The van der Waals surface area contributed by atoms with Gasteiger partial charge in [0.15, 0.2) is 0 Å². The first-order chi connectivity index (χ1) is 9.17. The third kappa shape index (κ3) is 4.45. The Kier molecular flexibility index (Phi) is 5.13. The van der Waals surface area contributed by atoms with E-state index in [1.165, 1.54) is 0 Å². The summed E-state index contributed by atoms with van der Waals surface area (Å²) in [5.41, 5.74) is 0. The second-order valence-corrected chi connectivity index (χ2v) is 6.58. The molecule has 1 fully saturated rings. The van der Waals surface area contributed by atoms with Gasteiger partial charge >= 0.3 is 0 Å². The molecule has 6 heteroatoms. The molecule has 2 heterocycles. The molecule has 2 rings (SSSR count). The number of hydrogen-bond acceptors (Lipinski definition) is 5. The molecule has 19 heavy (non-hydrogen) atoms. The maximum Gasteiger partial charge on any atom is 0.132 e. The molecule has 0 spiro atoms. The summed E-state index contributed by atoms with van der Waals surface area (Å²) in [5, 5.41) is 6.71. The van der Waals surface area contributed by atoms with E-state index in [2.05, 4.69) is 27.5 Å². The smallest absolute Gasteiger partial charge is 0.132 e. The lowest BCUT2D eigenvalue weighted by Crippen LogP contribution is -2.29. The van der Waals surface area contributed by atoms with Crippen LogP contribution in [0.25, 0.3) is 0 Å². The minimum atomic E-state index is -0.617. The summed E-state index contributed by atoms with van der Waals surface area (Å²) in [7, 11) is -0.617. The predicted octanol–water partition coefficient (Wildman–Crippen LogP) is 1.93. The van der Waals surface area contributed by atoms with E-state index in [0.717, 1.165) is 54.8 Å². The van der Waals surface area contributed by atoms with E-state index in [-0.39, 0.29) is 0 Å². The van der Waals surface area contributed by atoms with Crippen molar-refractivity contribution in [3.63, 3.8) is 0 Å². The zero-order chi connectivity index (χ0) is 13.7. The molecule has 0 atom stereocenters. The van der Waals surface area contributed by atoms with Crippen molar-refractivity contribution >= 4 is 22.4 Å². The maximum atomic E-state index is 11.3. The van der Waals surface area contributed by atoms with Crippen LogP contribution in [0.15, 0.2) is 6.07 Å². The van der Waals surface area contributed by atoms with E-state index in [0.29, 0.717) is 6.04 Å². The predicted molar refractivity (Wildman–Crippen MR) is 80.1 cm³/mol. The molecule has 1 aliphatic rings. The summed E-state index contributed by atoms with van der Waals surface area (Å²) in [6.07, 6.45) is 2.97. The van der Waals surface area contributed by atoms with Crippen LogP contribution in [0.2, 0.25) is 0 Å².